The summed E-state index contributed by atoms with van der Waals surface area (Å²) in [5.74, 6) is 0.227. The van der Waals surface area contributed by atoms with E-state index in [1.165, 1.54) is 11.6 Å². The van der Waals surface area contributed by atoms with Crippen LogP contribution in [0.4, 0.5) is 10.1 Å². The molecule has 2 aromatic carbocycles. The molecule has 0 bridgehead atoms. The summed E-state index contributed by atoms with van der Waals surface area (Å²) in [7, 11) is 1.65. The molecule has 4 nitrogen and oxygen atoms in total. The van der Waals surface area contributed by atoms with Gasteiger partial charge in [-0.25, -0.2) is 4.39 Å². The first-order valence-electron chi connectivity index (χ1n) is 9.10. The monoisotopic (exact) mass is 356 g/mol. The number of carbonyl (C=O) groups is 1. The highest BCUT2D eigenvalue weighted by Gasteiger charge is 2.24. The van der Waals surface area contributed by atoms with E-state index < -0.39 is 5.82 Å². The van der Waals surface area contributed by atoms with E-state index in [1.54, 1.807) is 25.3 Å². The molecule has 0 spiro atoms. The fraction of sp³-hybridized carbons (Fsp3) is 0.381. The van der Waals surface area contributed by atoms with Crippen LogP contribution in [0.2, 0.25) is 0 Å². The lowest BCUT2D eigenvalue weighted by molar-refractivity contribution is -0.117. The predicted octanol–water partition coefficient (Wildman–Crippen LogP) is 4.39. The van der Waals surface area contributed by atoms with Crippen LogP contribution in [-0.2, 0) is 4.79 Å². The SMILES string of the molecule is COc1ccc([C@@H]2CCCCCN2CC(=O)Nc2ccccc2F)cc1. The Balaban J connectivity index is 1.71. The van der Waals surface area contributed by atoms with Crippen molar-refractivity contribution in [3.63, 3.8) is 0 Å². The van der Waals surface area contributed by atoms with Crippen LogP contribution in [0.1, 0.15) is 37.3 Å². The summed E-state index contributed by atoms with van der Waals surface area (Å²) in [5, 5.41) is 2.69. The van der Waals surface area contributed by atoms with Gasteiger partial charge in [0.1, 0.15) is 11.6 Å². The molecule has 1 aliphatic rings. The lowest BCUT2D eigenvalue weighted by Gasteiger charge is -2.29. The van der Waals surface area contributed by atoms with Crippen LogP contribution in [0.5, 0.6) is 5.75 Å². The molecule has 26 heavy (non-hydrogen) atoms. The highest BCUT2D eigenvalue weighted by molar-refractivity contribution is 5.92. The number of para-hydroxylation sites is 1. The van der Waals surface area contributed by atoms with Gasteiger partial charge in [0.2, 0.25) is 5.91 Å². The number of benzene rings is 2. The Kier molecular flexibility index (Phi) is 6.23. The second-order valence-corrected chi connectivity index (χ2v) is 6.64. The van der Waals surface area contributed by atoms with Crippen molar-refractivity contribution in [1.82, 2.24) is 4.90 Å². The second-order valence-electron chi connectivity index (χ2n) is 6.64. The Labute approximate surface area is 154 Å². The molecule has 1 fully saturated rings. The number of anilines is 1. The molecule has 0 radical (unpaired) electrons. The quantitative estimate of drug-likeness (QED) is 0.864. The Morgan fingerprint density at radius 1 is 1.15 bits per heavy atom. The molecule has 138 valence electrons. The highest BCUT2D eigenvalue weighted by atomic mass is 19.1. The fourth-order valence-electron chi connectivity index (χ4n) is 3.50. The Morgan fingerprint density at radius 2 is 1.92 bits per heavy atom. The van der Waals surface area contributed by atoms with Crippen LogP contribution in [0.3, 0.4) is 0 Å². The fourth-order valence-corrected chi connectivity index (χ4v) is 3.50. The standard InChI is InChI=1S/C21H25FN2O2/c1-26-17-12-10-16(11-13-17)20-9-3-2-6-14-24(20)15-21(25)23-19-8-5-4-7-18(19)22/h4-5,7-8,10-13,20H,2-3,6,9,14-15H2,1H3,(H,23,25)/t20-/m0/s1. The van der Waals surface area contributed by atoms with E-state index in [-0.39, 0.29) is 24.2 Å². The van der Waals surface area contributed by atoms with Crippen molar-refractivity contribution in [3.05, 3.63) is 59.9 Å². The molecule has 1 atom stereocenters. The highest BCUT2D eigenvalue weighted by Crippen LogP contribution is 2.31. The number of nitrogens with one attached hydrogen (secondary N) is 1. The lowest BCUT2D eigenvalue weighted by atomic mass is 10.0. The largest absolute Gasteiger partial charge is 0.497 e. The van der Waals surface area contributed by atoms with Gasteiger partial charge >= 0.3 is 0 Å². The van der Waals surface area contributed by atoms with Crippen molar-refractivity contribution in [2.24, 2.45) is 0 Å². The van der Waals surface area contributed by atoms with Gasteiger partial charge in [0.25, 0.3) is 0 Å². The van der Waals surface area contributed by atoms with Crippen LogP contribution in [0.15, 0.2) is 48.5 Å². The number of amides is 1. The molecule has 1 aliphatic heterocycles. The van der Waals surface area contributed by atoms with Crippen molar-refractivity contribution in [3.8, 4) is 5.75 Å². The van der Waals surface area contributed by atoms with Gasteiger partial charge in [-0.2, -0.15) is 0 Å². The molecule has 0 aromatic heterocycles. The first kappa shape index (κ1) is 18.4. The molecule has 0 saturated carbocycles. The summed E-state index contributed by atoms with van der Waals surface area (Å²) >= 11 is 0. The number of likely N-dealkylation sites (tertiary alicyclic amines) is 1. The third-order valence-corrected chi connectivity index (χ3v) is 4.86. The average molecular weight is 356 g/mol. The summed E-state index contributed by atoms with van der Waals surface area (Å²) in [6.07, 6.45) is 4.39. The van der Waals surface area contributed by atoms with Gasteiger partial charge < -0.3 is 10.1 Å². The topological polar surface area (TPSA) is 41.6 Å². The van der Waals surface area contributed by atoms with E-state index in [0.717, 1.165) is 38.0 Å². The maximum Gasteiger partial charge on any atom is 0.238 e. The minimum atomic E-state index is -0.413. The summed E-state index contributed by atoms with van der Waals surface area (Å²) in [6.45, 7) is 1.12. The molecule has 1 saturated heterocycles. The van der Waals surface area contributed by atoms with Crippen molar-refractivity contribution >= 4 is 11.6 Å². The number of hydrogen-bond acceptors (Lipinski definition) is 3. The Bertz CT molecular complexity index is 733. The molecule has 1 N–H and O–H groups in total. The number of methoxy groups -OCH3 is 1. The van der Waals surface area contributed by atoms with Gasteiger partial charge in [0.05, 0.1) is 19.3 Å². The van der Waals surface area contributed by atoms with Crippen molar-refractivity contribution in [2.45, 2.75) is 31.7 Å². The average Bonchev–Trinajstić information content (AvgIpc) is 2.89. The van der Waals surface area contributed by atoms with E-state index in [9.17, 15) is 9.18 Å². The summed E-state index contributed by atoms with van der Waals surface area (Å²) in [6, 6.07) is 14.5. The van der Waals surface area contributed by atoms with Crippen molar-refractivity contribution in [1.29, 1.82) is 0 Å². The van der Waals surface area contributed by atoms with Gasteiger partial charge in [-0.15, -0.1) is 0 Å². The van der Waals surface area contributed by atoms with E-state index in [2.05, 4.69) is 22.3 Å². The van der Waals surface area contributed by atoms with Gasteiger partial charge in [0, 0.05) is 6.04 Å². The maximum absolute atomic E-state index is 13.8. The van der Waals surface area contributed by atoms with Crippen LogP contribution in [-0.4, -0.2) is 31.0 Å². The number of halogens is 1. The van der Waals surface area contributed by atoms with E-state index in [1.807, 2.05) is 12.1 Å². The zero-order chi connectivity index (χ0) is 18.4. The minimum Gasteiger partial charge on any atom is -0.497 e. The molecule has 1 heterocycles. The first-order valence-corrected chi connectivity index (χ1v) is 9.10. The summed E-state index contributed by atoms with van der Waals surface area (Å²) in [5.41, 5.74) is 1.42. The van der Waals surface area contributed by atoms with Gasteiger partial charge in [-0.3, -0.25) is 9.69 Å². The zero-order valence-corrected chi connectivity index (χ0v) is 15.1. The first-order chi connectivity index (χ1) is 12.7. The van der Waals surface area contributed by atoms with Gasteiger partial charge in [0.15, 0.2) is 0 Å². The van der Waals surface area contributed by atoms with Crippen LogP contribution >= 0.6 is 0 Å². The molecule has 5 heteroatoms. The molecule has 1 amide bonds. The molecule has 0 aliphatic carbocycles. The van der Waals surface area contributed by atoms with E-state index in [4.69, 9.17) is 4.74 Å². The van der Waals surface area contributed by atoms with Crippen LogP contribution in [0.25, 0.3) is 0 Å². The number of hydrogen-bond donors (Lipinski definition) is 1. The van der Waals surface area contributed by atoms with Crippen molar-refractivity contribution < 1.29 is 13.9 Å². The van der Waals surface area contributed by atoms with Crippen molar-refractivity contribution in [2.75, 3.05) is 25.5 Å². The van der Waals surface area contributed by atoms with Gasteiger partial charge in [-0.05, 0) is 49.2 Å². The van der Waals surface area contributed by atoms with Crippen LogP contribution in [0, 0.1) is 5.82 Å². The molecular formula is C21H25FN2O2. The number of nitrogens with zero attached hydrogens (tertiary/aromatic N) is 1. The number of carbonyl (C=O) groups excluding carboxylic acids is 1. The molecular weight excluding hydrogens is 331 g/mol. The van der Waals surface area contributed by atoms with Crippen LogP contribution < -0.4 is 10.1 Å². The Morgan fingerprint density at radius 3 is 2.65 bits per heavy atom. The number of rotatable bonds is 5. The maximum atomic E-state index is 13.8. The molecule has 2 aromatic rings. The minimum absolute atomic E-state index is 0.185. The van der Waals surface area contributed by atoms with Gasteiger partial charge in [-0.1, -0.05) is 37.1 Å². The Hall–Kier alpha value is -2.40. The summed E-state index contributed by atoms with van der Waals surface area (Å²) < 4.78 is 19.0. The molecule has 3 rings (SSSR count). The third kappa shape index (κ3) is 4.61. The second kappa shape index (κ2) is 8.81. The normalized spacial score (nSPS) is 18.2. The predicted molar refractivity (Wildman–Crippen MR) is 101 cm³/mol. The summed E-state index contributed by atoms with van der Waals surface area (Å²) in [4.78, 5) is 14.7. The third-order valence-electron chi connectivity index (χ3n) is 4.86. The van der Waals surface area contributed by atoms with E-state index in [0.29, 0.717) is 0 Å². The number of ether oxygens (including phenoxy) is 1. The zero-order valence-electron chi connectivity index (χ0n) is 15.1. The molecule has 0 unspecified atom stereocenters. The smallest absolute Gasteiger partial charge is 0.238 e. The lowest BCUT2D eigenvalue weighted by Crippen LogP contribution is -2.36. The van der Waals surface area contributed by atoms with E-state index >= 15 is 0 Å².